The van der Waals surface area contributed by atoms with Crippen molar-refractivity contribution in [2.45, 2.75) is 20.3 Å². The molecule has 1 aliphatic rings. The molecule has 6 heteroatoms. The van der Waals surface area contributed by atoms with Crippen LogP contribution in [0.3, 0.4) is 0 Å². The highest BCUT2D eigenvalue weighted by Gasteiger charge is 2.22. The monoisotopic (exact) mass is 287 g/mol. The summed E-state index contributed by atoms with van der Waals surface area (Å²) in [6.45, 7) is 7.28. The van der Waals surface area contributed by atoms with Crippen molar-refractivity contribution in [2.24, 2.45) is 5.92 Å². The van der Waals surface area contributed by atoms with Crippen molar-refractivity contribution in [1.82, 2.24) is 19.5 Å². The molecule has 0 bridgehead atoms. The largest absolute Gasteiger partial charge is 0.355 e. The van der Waals surface area contributed by atoms with Crippen molar-refractivity contribution in [3.05, 3.63) is 24.5 Å². The molecular weight excluding hydrogens is 266 g/mol. The second-order valence-electron chi connectivity index (χ2n) is 5.72. The van der Waals surface area contributed by atoms with Crippen LogP contribution in [0.2, 0.25) is 0 Å². The van der Waals surface area contributed by atoms with E-state index < -0.39 is 0 Å². The molecule has 0 atom stereocenters. The number of rotatable bonds is 2. The second kappa shape index (κ2) is 5.71. The number of anilines is 1. The number of fused-ring (bicyclic) bond motifs is 1. The molecule has 0 aliphatic carbocycles. The van der Waals surface area contributed by atoms with Gasteiger partial charge < -0.3 is 9.80 Å². The molecule has 1 aliphatic heterocycles. The van der Waals surface area contributed by atoms with Crippen LogP contribution in [0.25, 0.3) is 5.65 Å². The molecule has 0 spiro atoms. The molecule has 0 unspecified atom stereocenters. The van der Waals surface area contributed by atoms with Crippen LogP contribution in [-0.2, 0) is 4.79 Å². The Kier molecular flexibility index (Phi) is 3.77. The normalized spacial score (nSPS) is 16.5. The smallest absolute Gasteiger partial charge is 0.225 e. The first kappa shape index (κ1) is 13.9. The molecule has 1 amide bonds. The first-order valence-electron chi connectivity index (χ1n) is 7.49. The molecule has 6 nitrogen and oxygen atoms in total. The minimum absolute atomic E-state index is 0.0651. The Morgan fingerprint density at radius 2 is 2.00 bits per heavy atom. The van der Waals surface area contributed by atoms with Crippen molar-refractivity contribution in [3.8, 4) is 0 Å². The van der Waals surface area contributed by atoms with Gasteiger partial charge in [0.15, 0.2) is 5.65 Å². The summed E-state index contributed by atoms with van der Waals surface area (Å²) in [5.41, 5.74) is 0.854. The van der Waals surface area contributed by atoms with Crippen molar-refractivity contribution >= 4 is 17.4 Å². The van der Waals surface area contributed by atoms with Gasteiger partial charge in [-0.25, -0.2) is 4.98 Å². The van der Waals surface area contributed by atoms with Gasteiger partial charge in [0.1, 0.15) is 5.82 Å². The summed E-state index contributed by atoms with van der Waals surface area (Å²) in [5.74, 6) is 1.36. The van der Waals surface area contributed by atoms with Crippen LogP contribution in [-0.4, -0.2) is 51.6 Å². The number of hydrogen-bond donors (Lipinski definition) is 0. The molecule has 2 aromatic heterocycles. The Morgan fingerprint density at radius 1 is 1.14 bits per heavy atom. The maximum atomic E-state index is 12.1. The minimum Gasteiger partial charge on any atom is -0.355 e. The molecule has 0 aromatic carbocycles. The second-order valence-corrected chi connectivity index (χ2v) is 5.72. The van der Waals surface area contributed by atoms with Crippen molar-refractivity contribution in [2.75, 3.05) is 31.1 Å². The standard InChI is InChI=1S/C15H21N5O/c1-12(2)15(21)19-9-3-8-18(10-11-19)14-5-6-16-13-4-7-17-20(13)14/h4-7,12H,3,8-11H2,1-2H3. The quantitative estimate of drug-likeness (QED) is 0.838. The van der Waals surface area contributed by atoms with E-state index in [4.69, 9.17) is 0 Å². The molecule has 2 aromatic rings. The van der Waals surface area contributed by atoms with E-state index in [1.54, 1.807) is 6.20 Å². The van der Waals surface area contributed by atoms with E-state index in [0.29, 0.717) is 0 Å². The number of carbonyl (C=O) groups excluding carboxylic acids is 1. The van der Waals surface area contributed by atoms with E-state index in [9.17, 15) is 4.79 Å². The predicted octanol–water partition coefficient (Wildman–Crippen LogP) is 1.42. The third-order valence-electron chi connectivity index (χ3n) is 3.90. The Hall–Kier alpha value is -2.11. The van der Waals surface area contributed by atoms with Crippen LogP contribution in [0.5, 0.6) is 0 Å². The summed E-state index contributed by atoms with van der Waals surface area (Å²) in [6, 6.07) is 3.88. The van der Waals surface area contributed by atoms with Gasteiger partial charge in [0.05, 0.1) is 6.20 Å². The van der Waals surface area contributed by atoms with Gasteiger partial charge in [0, 0.05) is 44.4 Å². The van der Waals surface area contributed by atoms with Crippen LogP contribution in [0.15, 0.2) is 24.5 Å². The molecule has 0 radical (unpaired) electrons. The summed E-state index contributed by atoms with van der Waals surface area (Å²) >= 11 is 0. The molecule has 1 saturated heterocycles. The first-order valence-corrected chi connectivity index (χ1v) is 7.49. The molecule has 21 heavy (non-hydrogen) atoms. The highest BCUT2D eigenvalue weighted by Crippen LogP contribution is 2.17. The van der Waals surface area contributed by atoms with Gasteiger partial charge in [0.25, 0.3) is 0 Å². The van der Waals surface area contributed by atoms with Crippen molar-refractivity contribution in [3.63, 3.8) is 0 Å². The number of amides is 1. The summed E-state index contributed by atoms with van der Waals surface area (Å²) in [7, 11) is 0. The van der Waals surface area contributed by atoms with Gasteiger partial charge in [-0.05, 0) is 12.5 Å². The zero-order chi connectivity index (χ0) is 14.8. The average Bonchev–Trinajstić information content (AvgIpc) is 2.83. The zero-order valence-electron chi connectivity index (χ0n) is 12.6. The fraction of sp³-hybridized carbons (Fsp3) is 0.533. The highest BCUT2D eigenvalue weighted by atomic mass is 16.2. The average molecular weight is 287 g/mol. The van der Waals surface area contributed by atoms with E-state index in [1.807, 2.05) is 41.6 Å². The molecule has 0 N–H and O–H groups in total. The summed E-state index contributed by atoms with van der Waals surface area (Å²) in [4.78, 5) is 20.7. The maximum Gasteiger partial charge on any atom is 0.225 e. The molecule has 112 valence electrons. The number of carbonyl (C=O) groups is 1. The lowest BCUT2D eigenvalue weighted by atomic mass is 10.2. The van der Waals surface area contributed by atoms with E-state index in [0.717, 1.165) is 44.1 Å². The topological polar surface area (TPSA) is 53.7 Å². The third kappa shape index (κ3) is 2.70. The maximum absolute atomic E-state index is 12.1. The molecule has 0 saturated carbocycles. The molecule has 3 rings (SSSR count). The van der Waals surface area contributed by atoms with E-state index >= 15 is 0 Å². The van der Waals surface area contributed by atoms with E-state index in [-0.39, 0.29) is 11.8 Å². The predicted molar refractivity (Wildman–Crippen MR) is 81.2 cm³/mol. The van der Waals surface area contributed by atoms with Gasteiger partial charge in [-0.15, -0.1) is 0 Å². The SMILES string of the molecule is CC(C)C(=O)N1CCCN(c2ccnc3ccnn23)CC1. The van der Waals surface area contributed by atoms with Crippen molar-refractivity contribution < 1.29 is 4.79 Å². The Bertz CT molecular complexity index is 636. The van der Waals surface area contributed by atoms with Gasteiger partial charge in [-0.3, -0.25) is 4.79 Å². The lowest BCUT2D eigenvalue weighted by Gasteiger charge is -2.24. The zero-order valence-corrected chi connectivity index (χ0v) is 12.6. The first-order chi connectivity index (χ1) is 10.2. The van der Waals surface area contributed by atoms with Gasteiger partial charge in [-0.2, -0.15) is 9.61 Å². The Balaban J connectivity index is 1.79. The lowest BCUT2D eigenvalue weighted by Crippen LogP contribution is -2.37. The van der Waals surface area contributed by atoms with Crippen LogP contribution in [0.1, 0.15) is 20.3 Å². The minimum atomic E-state index is 0.0651. The lowest BCUT2D eigenvalue weighted by molar-refractivity contribution is -0.134. The van der Waals surface area contributed by atoms with E-state index in [1.165, 1.54) is 0 Å². The van der Waals surface area contributed by atoms with Gasteiger partial charge in [0.2, 0.25) is 5.91 Å². The van der Waals surface area contributed by atoms with Gasteiger partial charge in [-0.1, -0.05) is 13.8 Å². The summed E-state index contributed by atoms with van der Waals surface area (Å²) < 4.78 is 1.86. The van der Waals surface area contributed by atoms with Gasteiger partial charge >= 0.3 is 0 Å². The Morgan fingerprint density at radius 3 is 2.81 bits per heavy atom. The van der Waals surface area contributed by atoms with E-state index in [2.05, 4.69) is 15.0 Å². The van der Waals surface area contributed by atoms with Crippen molar-refractivity contribution in [1.29, 1.82) is 0 Å². The molecule has 3 heterocycles. The summed E-state index contributed by atoms with van der Waals surface area (Å²) in [6.07, 6.45) is 4.55. The molecular formula is C15H21N5O. The van der Waals surface area contributed by atoms with Crippen LogP contribution < -0.4 is 4.90 Å². The third-order valence-corrected chi connectivity index (χ3v) is 3.90. The fourth-order valence-corrected chi connectivity index (χ4v) is 2.79. The van der Waals surface area contributed by atoms with Crippen LogP contribution in [0, 0.1) is 5.92 Å². The fourth-order valence-electron chi connectivity index (χ4n) is 2.79. The van der Waals surface area contributed by atoms with Crippen LogP contribution >= 0.6 is 0 Å². The Labute approximate surface area is 124 Å². The highest BCUT2D eigenvalue weighted by molar-refractivity contribution is 5.78. The van der Waals surface area contributed by atoms with Crippen LogP contribution in [0.4, 0.5) is 5.82 Å². The summed E-state index contributed by atoms with van der Waals surface area (Å²) in [5, 5.41) is 4.34. The number of nitrogens with zero attached hydrogens (tertiary/aromatic N) is 5. The molecule has 1 fully saturated rings. The number of aromatic nitrogens is 3. The number of hydrogen-bond acceptors (Lipinski definition) is 4.